The Labute approximate surface area is 95.7 Å². The van der Waals surface area contributed by atoms with Crippen molar-refractivity contribution in [3.8, 4) is 11.5 Å². The molecule has 0 amide bonds. The van der Waals surface area contributed by atoms with Gasteiger partial charge in [-0.15, -0.1) is 13.2 Å². The van der Waals surface area contributed by atoms with Crippen LogP contribution in [0.25, 0.3) is 0 Å². The standard InChI is InChI=1S/C9H10BF3O4/c1-2-16-6-4-3-5-7(8(6)10(14)15)17-9(11,12)13/h3-5,14-15H,2H2,1H3. The maximum atomic E-state index is 12.1. The van der Waals surface area contributed by atoms with Crippen molar-refractivity contribution < 1.29 is 32.7 Å². The van der Waals surface area contributed by atoms with E-state index in [1.54, 1.807) is 6.92 Å². The Morgan fingerprint density at radius 3 is 2.29 bits per heavy atom. The highest BCUT2D eigenvalue weighted by molar-refractivity contribution is 6.60. The molecule has 0 unspecified atom stereocenters. The monoisotopic (exact) mass is 250 g/mol. The Bertz CT molecular complexity index is 381. The van der Waals surface area contributed by atoms with Gasteiger partial charge >= 0.3 is 13.5 Å². The van der Waals surface area contributed by atoms with Gasteiger partial charge in [0, 0.05) is 0 Å². The van der Waals surface area contributed by atoms with Gasteiger partial charge in [0.1, 0.15) is 11.5 Å². The molecule has 0 saturated carbocycles. The molecule has 2 N–H and O–H groups in total. The first-order chi connectivity index (χ1) is 7.85. The minimum atomic E-state index is -4.91. The second kappa shape index (κ2) is 5.28. The number of alkyl halides is 3. The predicted molar refractivity (Wildman–Crippen MR) is 54.1 cm³/mol. The number of hydrogen-bond donors (Lipinski definition) is 2. The van der Waals surface area contributed by atoms with Crippen LogP contribution >= 0.6 is 0 Å². The van der Waals surface area contributed by atoms with Crippen LogP contribution < -0.4 is 14.9 Å². The largest absolute Gasteiger partial charge is 0.573 e. The zero-order valence-electron chi connectivity index (χ0n) is 8.86. The molecule has 0 aliphatic heterocycles. The van der Waals surface area contributed by atoms with E-state index in [1.807, 2.05) is 0 Å². The zero-order chi connectivity index (χ0) is 13.1. The molecule has 0 aliphatic rings. The van der Waals surface area contributed by atoms with E-state index in [-0.39, 0.29) is 12.4 Å². The highest BCUT2D eigenvalue weighted by atomic mass is 19.4. The van der Waals surface area contributed by atoms with Crippen molar-refractivity contribution in [1.82, 2.24) is 0 Å². The van der Waals surface area contributed by atoms with E-state index >= 15 is 0 Å². The van der Waals surface area contributed by atoms with Crippen LogP contribution in [0.15, 0.2) is 18.2 Å². The molecule has 0 aliphatic carbocycles. The number of ether oxygens (including phenoxy) is 2. The summed E-state index contributed by atoms with van der Waals surface area (Å²) in [6.45, 7) is 1.79. The van der Waals surface area contributed by atoms with Gasteiger partial charge in [0.2, 0.25) is 0 Å². The van der Waals surface area contributed by atoms with Crippen LogP contribution in [0, 0.1) is 0 Å². The Morgan fingerprint density at radius 1 is 1.24 bits per heavy atom. The minimum Gasteiger partial charge on any atom is -0.494 e. The summed E-state index contributed by atoms with van der Waals surface area (Å²) in [6.07, 6.45) is -4.91. The second-order valence-electron chi connectivity index (χ2n) is 3.02. The quantitative estimate of drug-likeness (QED) is 0.771. The fourth-order valence-corrected chi connectivity index (χ4v) is 1.27. The van der Waals surface area contributed by atoms with Crippen LogP contribution in [0.2, 0.25) is 0 Å². The lowest BCUT2D eigenvalue weighted by molar-refractivity contribution is -0.274. The molecule has 1 rings (SSSR count). The molecule has 1 aromatic rings. The predicted octanol–water partition coefficient (Wildman–Crippen LogP) is 0.664. The van der Waals surface area contributed by atoms with Crippen LogP contribution in [0.5, 0.6) is 11.5 Å². The molecule has 0 aromatic heterocycles. The van der Waals surface area contributed by atoms with E-state index in [2.05, 4.69) is 4.74 Å². The van der Waals surface area contributed by atoms with Gasteiger partial charge in [-0.05, 0) is 19.1 Å². The van der Waals surface area contributed by atoms with Crippen molar-refractivity contribution in [3.63, 3.8) is 0 Å². The lowest BCUT2D eigenvalue weighted by Gasteiger charge is -2.16. The Hall–Kier alpha value is -1.41. The SMILES string of the molecule is CCOc1cccc(OC(F)(F)F)c1B(O)O. The Balaban J connectivity index is 3.15. The number of benzene rings is 1. The van der Waals surface area contributed by atoms with E-state index in [9.17, 15) is 13.2 Å². The van der Waals surface area contributed by atoms with E-state index < -0.39 is 24.7 Å². The highest BCUT2D eigenvalue weighted by Crippen LogP contribution is 2.24. The fraction of sp³-hybridized carbons (Fsp3) is 0.333. The van der Waals surface area contributed by atoms with Crippen LogP contribution in [0.4, 0.5) is 13.2 Å². The molecule has 1 aromatic carbocycles. The molecule has 0 saturated heterocycles. The molecule has 0 spiro atoms. The lowest BCUT2D eigenvalue weighted by Crippen LogP contribution is -2.35. The topological polar surface area (TPSA) is 58.9 Å². The molecule has 94 valence electrons. The molecule has 0 fully saturated rings. The first-order valence-electron chi connectivity index (χ1n) is 4.72. The van der Waals surface area contributed by atoms with Gasteiger partial charge in [0.05, 0.1) is 12.1 Å². The lowest BCUT2D eigenvalue weighted by atomic mass is 9.78. The molecule has 17 heavy (non-hydrogen) atoms. The maximum Gasteiger partial charge on any atom is 0.573 e. The van der Waals surface area contributed by atoms with Gasteiger partial charge in [-0.1, -0.05) is 6.07 Å². The average Bonchev–Trinajstić information content (AvgIpc) is 2.15. The molecule has 0 bridgehead atoms. The molecule has 4 nitrogen and oxygen atoms in total. The minimum absolute atomic E-state index is 0.0655. The van der Waals surface area contributed by atoms with E-state index in [0.717, 1.165) is 6.07 Å². The normalized spacial score (nSPS) is 11.2. The molecule has 8 heteroatoms. The summed E-state index contributed by atoms with van der Waals surface area (Å²) in [6, 6.07) is 3.56. The average molecular weight is 250 g/mol. The summed E-state index contributed by atoms with van der Waals surface area (Å²) < 4.78 is 44.9. The molecule has 0 heterocycles. The zero-order valence-corrected chi connectivity index (χ0v) is 8.86. The van der Waals surface area contributed by atoms with E-state index in [1.165, 1.54) is 12.1 Å². The summed E-state index contributed by atoms with van der Waals surface area (Å²) in [5.41, 5.74) is -0.452. The number of hydrogen-bond acceptors (Lipinski definition) is 4. The summed E-state index contributed by atoms with van der Waals surface area (Å²) in [5.74, 6) is -0.761. The van der Waals surface area contributed by atoms with Crippen LogP contribution in [0.3, 0.4) is 0 Å². The van der Waals surface area contributed by atoms with Crippen molar-refractivity contribution in [1.29, 1.82) is 0 Å². The molecular formula is C9H10BF3O4. The third-order valence-corrected chi connectivity index (χ3v) is 1.81. The van der Waals surface area contributed by atoms with Crippen LogP contribution in [0.1, 0.15) is 6.92 Å². The summed E-state index contributed by atoms with van der Waals surface area (Å²) in [4.78, 5) is 0. The smallest absolute Gasteiger partial charge is 0.494 e. The molecular weight excluding hydrogens is 240 g/mol. The van der Waals surface area contributed by atoms with Gasteiger partial charge in [-0.2, -0.15) is 0 Å². The highest BCUT2D eigenvalue weighted by Gasteiger charge is 2.34. The van der Waals surface area contributed by atoms with Crippen LogP contribution in [-0.4, -0.2) is 30.1 Å². The van der Waals surface area contributed by atoms with E-state index in [4.69, 9.17) is 14.8 Å². The third kappa shape index (κ3) is 3.83. The fourth-order valence-electron chi connectivity index (χ4n) is 1.27. The molecule has 0 atom stereocenters. The maximum absolute atomic E-state index is 12.1. The van der Waals surface area contributed by atoms with Crippen molar-refractivity contribution in [2.75, 3.05) is 6.61 Å². The molecule has 0 radical (unpaired) electrons. The van der Waals surface area contributed by atoms with Gasteiger partial charge in [0.25, 0.3) is 0 Å². The number of rotatable bonds is 4. The third-order valence-electron chi connectivity index (χ3n) is 1.81. The first kappa shape index (κ1) is 13.7. The van der Waals surface area contributed by atoms with Crippen molar-refractivity contribution >= 4 is 12.6 Å². The summed E-state index contributed by atoms with van der Waals surface area (Å²) >= 11 is 0. The van der Waals surface area contributed by atoms with E-state index in [0.29, 0.717) is 0 Å². The van der Waals surface area contributed by atoms with Gasteiger partial charge in [0.15, 0.2) is 0 Å². The van der Waals surface area contributed by atoms with Gasteiger partial charge in [-0.3, -0.25) is 0 Å². The van der Waals surface area contributed by atoms with Crippen LogP contribution in [-0.2, 0) is 0 Å². The van der Waals surface area contributed by atoms with Gasteiger partial charge in [-0.25, -0.2) is 0 Å². The van der Waals surface area contributed by atoms with Crippen molar-refractivity contribution in [2.24, 2.45) is 0 Å². The second-order valence-corrected chi connectivity index (χ2v) is 3.02. The summed E-state index contributed by atoms with van der Waals surface area (Å²) in [7, 11) is -2.12. The van der Waals surface area contributed by atoms with Crippen molar-refractivity contribution in [2.45, 2.75) is 13.3 Å². The Kier molecular flexibility index (Phi) is 4.25. The van der Waals surface area contributed by atoms with Crippen molar-refractivity contribution in [3.05, 3.63) is 18.2 Å². The van der Waals surface area contributed by atoms with Gasteiger partial charge < -0.3 is 19.5 Å². The first-order valence-corrected chi connectivity index (χ1v) is 4.72. The number of halogens is 3. The summed E-state index contributed by atoms with van der Waals surface area (Å²) in [5, 5.41) is 18.1. The Morgan fingerprint density at radius 2 is 1.82 bits per heavy atom.